The Balaban J connectivity index is 1.99. The molecule has 0 spiro atoms. The van der Waals surface area contributed by atoms with Crippen molar-refractivity contribution in [3.05, 3.63) is 46.4 Å². The molecule has 0 bridgehead atoms. The topological polar surface area (TPSA) is 24.1 Å². The van der Waals surface area contributed by atoms with Crippen molar-refractivity contribution < 1.29 is 0 Å². The van der Waals surface area contributed by atoms with Crippen molar-refractivity contribution in [1.29, 1.82) is 0 Å². The molecule has 1 unspecified atom stereocenters. The number of likely N-dealkylation sites (N-methyl/N-ethyl adjacent to an activating group) is 1. The van der Waals surface area contributed by atoms with E-state index in [0.717, 1.165) is 24.1 Å². The van der Waals surface area contributed by atoms with Gasteiger partial charge < -0.3 is 10.6 Å². The molecule has 0 aliphatic heterocycles. The second kappa shape index (κ2) is 7.04. The highest BCUT2D eigenvalue weighted by atomic mass is 79.9. The molecule has 2 rings (SSSR count). The highest BCUT2D eigenvalue weighted by Crippen LogP contribution is 2.20. The summed E-state index contributed by atoms with van der Waals surface area (Å²) in [5, 5.41) is 9.46. The predicted octanol–water partition coefficient (Wildman–Crippen LogP) is 3.69. The van der Waals surface area contributed by atoms with Crippen molar-refractivity contribution in [2.45, 2.75) is 26.4 Å². The minimum Gasteiger partial charge on any atom is -0.315 e. The molecular weight excluding hydrogens is 300 g/mol. The van der Waals surface area contributed by atoms with Crippen molar-refractivity contribution in [2.24, 2.45) is 0 Å². The molecule has 0 heterocycles. The van der Waals surface area contributed by atoms with E-state index in [-0.39, 0.29) is 0 Å². The molecule has 0 saturated heterocycles. The van der Waals surface area contributed by atoms with Gasteiger partial charge in [0.1, 0.15) is 0 Å². The second-order valence-electron chi connectivity index (χ2n) is 4.92. The van der Waals surface area contributed by atoms with E-state index >= 15 is 0 Å². The average Bonchev–Trinajstić information content (AvgIpc) is 2.42. The Bertz CT molecular complexity index is 539. The first-order valence-electron chi connectivity index (χ1n) is 6.81. The quantitative estimate of drug-likeness (QED) is 0.848. The Hall–Kier alpha value is -0.900. The maximum atomic E-state index is 3.54. The summed E-state index contributed by atoms with van der Waals surface area (Å²) >= 11 is 3.51. The maximum Gasteiger partial charge on any atom is 0.0208 e. The molecule has 3 heteroatoms. The molecule has 2 nitrogen and oxygen atoms in total. The minimum absolute atomic E-state index is 0.487. The van der Waals surface area contributed by atoms with Gasteiger partial charge in [-0.3, -0.25) is 0 Å². The maximum absolute atomic E-state index is 3.54. The van der Waals surface area contributed by atoms with Crippen LogP contribution < -0.4 is 10.6 Å². The third kappa shape index (κ3) is 4.30. The Morgan fingerprint density at radius 2 is 1.84 bits per heavy atom. The van der Waals surface area contributed by atoms with Crippen LogP contribution in [0.2, 0.25) is 0 Å². The van der Waals surface area contributed by atoms with Crippen molar-refractivity contribution in [2.75, 3.05) is 13.1 Å². The summed E-state index contributed by atoms with van der Waals surface area (Å²) in [6, 6.07) is 13.5. The lowest BCUT2D eigenvalue weighted by atomic mass is 10.1. The number of benzene rings is 2. The third-order valence-electron chi connectivity index (χ3n) is 3.22. The largest absolute Gasteiger partial charge is 0.315 e. The van der Waals surface area contributed by atoms with E-state index in [2.05, 4.69) is 76.8 Å². The smallest absolute Gasteiger partial charge is 0.0208 e. The number of hydrogen-bond acceptors (Lipinski definition) is 2. The Morgan fingerprint density at radius 1 is 1.11 bits per heavy atom. The van der Waals surface area contributed by atoms with Gasteiger partial charge in [-0.2, -0.15) is 0 Å². The molecule has 0 aliphatic carbocycles. The van der Waals surface area contributed by atoms with Gasteiger partial charge in [-0.1, -0.05) is 41.1 Å². The van der Waals surface area contributed by atoms with Gasteiger partial charge in [0, 0.05) is 23.6 Å². The Kier molecular flexibility index (Phi) is 5.37. The number of halogens is 1. The van der Waals surface area contributed by atoms with Gasteiger partial charge in [0.15, 0.2) is 0 Å². The number of nitrogens with one attached hydrogen (secondary N) is 2. The molecule has 2 aromatic rings. The first-order chi connectivity index (χ1) is 9.19. The zero-order valence-electron chi connectivity index (χ0n) is 11.5. The monoisotopic (exact) mass is 320 g/mol. The van der Waals surface area contributed by atoms with E-state index in [1.807, 2.05) is 0 Å². The van der Waals surface area contributed by atoms with Gasteiger partial charge in [-0.15, -0.1) is 0 Å². The van der Waals surface area contributed by atoms with Crippen LogP contribution in [-0.2, 0) is 6.54 Å². The number of fused-ring (bicyclic) bond motifs is 1. The fourth-order valence-electron chi connectivity index (χ4n) is 2.10. The summed E-state index contributed by atoms with van der Waals surface area (Å²) < 4.78 is 1.13. The van der Waals surface area contributed by atoms with E-state index < -0.39 is 0 Å². The fraction of sp³-hybridized carbons (Fsp3) is 0.375. The van der Waals surface area contributed by atoms with Crippen LogP contribution in [-0.4, -0.2) is 19.1 Å². The molecule has 0 amide bonds. The summed E-state index contributed by atoms with van der Waals surface area (Å²) in [6.45, 7) is 7.29. The minimum atomic E-state index is 0.487. The molecule has 2 aromatic carbocycles. The molecule has 102 valence electrons. The highest BCUT2D eigenvalue weighted by molar-refractivity contribution is 9.10. The van der Waals surface area contributed by atoms with E-state index in [0.29, 0.717) is 6.04 Å². The van der Waals surface area contributed by atoms with Gasteiger partial charge in [-0.05, 0) is 48.0 Å². The first kappa shape index (κ1) is 14.5. The lowest BCUT2D eigenvalue weighted by Crippen LogP contribution is -2.35. The van der Waals surface area contributed by atoms with Crippen LogP contribution in [0.3, 0.4) is 0 Å². The molecule has 0 saturated carbocycles. The molecule has 0 fully saturated rings. The molecular formula is C16H21BrN2. The van der Waals surface area contributed by atoms with Gasteiger partial charge in [0.2, 0.25) is 0 Å². The molecule has 1 atom stereocenters. The van der Waals surface area contributed by atoms with Crippen molar-refractivity contribution in [3.63, 3.8) is 0 Å². The molecule has 0 aromatic heterocycles. The zero-order valence-corrected chi connectivity index (χ0v) is 13.1. The van der Waals surface area contributed by atoms with Crippen LogP contribution in [0.5, 0.6) is 0 Å². The van der Waals surface area contributed by atoms with Crippen molar-refractivity contribution >= 4 is 26.7 Å². The summed E-state index contributed by atoms with van der Waals surface area (Å²) in [5.41, 5.74) is 1.33. The Morgan fingerprint density at radius 3 is 2.63 bits per heavy atom. The molecule has 2 N–H and O–H groups in total. The molecule has 19 heavy (non-hydrogen) atoms. The predicted molar refractivity (Wildman–Crippen MR) is 86.5 cm³/mol. The van der Waals surface area contributed by atoms with Crippen molar-refractivity contribution in [1.82, 2.24) is 10.6 Å². The first-order valence-corrected chi connectivity index (χ1v) is 7.60. The Labute approximate surface area is 123 Å². The standard InChI is InChI=1S/C16H21BrN2/c1-3-18-10-12(2)19-11-13-4-5-15-9-16(17)7-6-14(15)8-13/h4-9,12,18-19H,3,10-11H2,1-2H3. The summed E-state index contributed by atoms with van der Waals surface area (Å²) in [6.07, 6.45) is 0. The lowest BCUT2D eigenvalue weighted by Gasteiger charge is -2.14. The molecule has 0 aliphatic rings. The lowest BCUT2D eigenvalue weighted by molar-refractivity contribution is 0.509. The van der Waals surface area contributed by atoms with Gasteiger partial charge >= 0.3 is 0 Å². The third-order valence-corrected chi connectivity index (χ3v) is 3.72. The highest BCUT2D eigenvalue weighted by Gasteiger charge is 2.01. The number of rotatable bonds is 6. The van der Waals surface area contributed by atoms with Crippen LogP contribution in [0.4, 0.5) is 0 Å². The average molecular weight is 321 g/mol. The SMILES string of the molecule is CCNCC(C)NCc1ccc2cc(Br)ccc2c1. The zero-order chi connectivity index (χ0) is 13.7. The van der Waals surface area contributed by atoms with Crippen LogP contribution in [0.1, 0.15) is 19.4 Å². The van der Waals surface area contributed by atoms with E-state index in [4.69, 9.17) is 0 Å². The van der Waals surface area contributed by atoms with E-state index in [9.17, 15) is 0 Å². The normalized spacial score (nSPS) is 12.8. The fourth-order valence-corrected chi connectivity index (χ4v) is 2.48. The van der Waals surface area contributed by atoms with E-state index in [1.165, 1.54) is 16.3 Å². The summed E-state index contributed by atoms with van der Waals surface area (Å²) in [5.74, 6) is 0. The van der Waals surface area contributed by atoms with Gasteiger partial charge in [0.05, 0.1) is 0 Å². The van der Waals surface area contributed by atoms with Crippen LogP contribution in [0.15, 0.2) is 40.9 Å². The van der Waals surface area contributed by atoms with Crippen molar-refractivity contribution in [3.8, 4) is 0 Å². The van der Waals surface area contributed by atoms with Crippen LogP contribution in [0, 0.1) is 0 Å². The molecule has 0 radical (unpaired) electrons. The van der Waals surface area contributed by atoms with Crippen LogP contribution in [0.25, 0.3) is 10.8 Å². The van der Waals surface area contributed by atoms with Gasteiger partial charge in [-0.25, -0.2) is 0 Å². The second-order valence-corrected chi connectivity index (χ2v) is 5.83. The summed E-state index contributed by atoms with van der Waals surface area (Å²) in [7, 11) is 0. The van der Waals surface area contributed by atoms with Crippen LogP contribution >= 0.6 is 15.9 Å². The summed E-state index contributed by atoms with van der Waals surface area (Å²) in [4.78, 5) is 0. The van der Waals surface area contributed by atoms with E-state index in [1.54, 1.807) is 0 Å². The van der Waals surface area contributed by atoms with Gasteiger partial charge in [0.25, 0.3) is 0 Å². The number of hydrogen-bond donors (Lipinski definition) is 2.